The molecule has 114 valence electrons. The minimum atomic E-state index is 0.237. The van der Waals surface area contributed by atoms with Crippen LogP contribution in [0.2, 0.25) is 0 Å². The highest BCUT2D eigenvalue weighted by molar-refractivity contribution is 5.57. The molecule has 0 aliphatic carbocycles. The van der Waals surface area contributed by atoms with Crippen molar-refractivity contribution in [1.29, 1.82) is 0 Å². The average molecular weight is 280 g/mol. The van der Waals surface area contributed by atoms with Gasteiger partial charge in [0, 0.05) is 24.8 Å². The van der Waals surface area contributed by atoms with Crippen LogP contribution in [0.5, 0.6) is 0 Å². The standard InChI is InChI=1S/C15H28N4O/c1-4-7-13-14(16-9-5-2)17-11-18-15(13)19-12(3)8-6-10-20/h11-12,20H,4-10H2,1-3H3,(H2,16,17,18,19). The Morgan fingerprint density at radius 1 is 1.20 bits per heavy atom. The molecule has 0 aliphatic rings. The van der Waals surface area contributed by atoms with Crippen LogP contribution in [0, 0.1) is 0 Å². The summed E-state index contributed by atoms with van der Waals surface area (Å²) in [4.78, 5) is 8.75. The molecule has 3 N–H and O–H groups in total. The number of aromatic nitrogens is 2. The summed E-state index contributed by atoms with van der Waals surface area (Å²) in [6.45, 7) is 7.58. The number of hydrogen-bond donors (Lipinski definition) is 3. The zero-order valence-electron chi connectivity index (χ0n) is 12.9. The molecular formula is C15H28N4O. The lowest BCUT2D eigenvalue weighted by Crippen LogP contribution is -2.19. The number of nitrogens with zero attached hydrogens (tertiary/aromatic N) is 2. The highest BCUT2D eigenvalue weighted by Crippen LogP contribution is 2.22. The second-order valence-electron chi connectivity index (χ2n) is 5.14. The molecule has 0 amide bonds. The van der Waals surface area contributed by atoms with E-state index in [0.717, 1.165) is 50.3 Å². The van der Waals surface area contributed by atoms with Gasteiger partial charge < -0.3 is 15.7 Å². The van der Waals surface area contributed by atoms with Gasteiger partial charge in [-0.3, -0.25) is 0 Å². The summed E-state index contributed by atoms with van der Waals surface area (Å²) in [5, 5.41) is 15.7. The van der Waals surface area contributed by atoms with E-state index in [-0.39, 0.29) is 6.61 Å². The molecule has 5 heteroatoms. The Hall–Kier alpha value is -1.36. The van der Waals surface area contributed by atoms with E-state index in [9.17, 15) is 0 Å². The summed E-state index contributed by atoms with van der Waals surface area (Å²) in [7, 11) is 0. The van der Waals surface area contributed by atoms with Crippen LogP contribution in [0.15, 0.2) is 6.33 Å². The first kappa shape index (κ1) is 16.7. The third-order valence-corrected chi connectivity index (χ3v) is 3.17. The lowest BCUT2D eigenvalue weighted by Gasteiger charge is -2.18. The Morgan fingerprint density at radius 3 is 2.60 bits per heavy atom. The number of hydrogen-bond acceptors (Lipinski definition) is 5. The summed E-state index contributed by atoms with van der Waals surface area (Å²) in [6.07, 6.45) is 6.45. The molecule has 0 saturated carbocycles. The maximum Gasteiger partial charge on any atom is 0.134 e. The zero-order chi connectivity index (χ0) is 14.8. The molecule has 5 nitrogen and oxygen atoms in total. The summed E-state index contributed by atoms with van der Waals surface area (Å²) in [5.41, 5.74) is 1.17. The Kier molecular flexibility index (Phi) is 7.95. The Morgan fingerprint density at radius 2 is 1.95 bits per heavy atom. The van der Waals surface area contributed by atoms with Crippen LogP contribution in [0.25, 0.3) is 0 Å². The number of rotatable bonds is 10. The van der Waals surface area contributed by atoms with Crippen LogP contribution in [-0.4, -0.2) is 34.3 Å². The number of aliphatic hydroxyl groups excluding tert-OH is 1. The second-order valence-corrected chi connectivity index (χ2v) is 5.14. The number of anilines is 2. The predicted octanol–water partition coefficient (Wildman–Crippen LogP) is 2.82. The van der Waals surface area contributed by atoms with Crippen molar-refractivity contribution < 1.29 is 5.11 Å². The molecule has 1 atom stereocenters. The van der Waals surface area contributed by atoms with Crippen LogP contribution in [0.4, 0.5) is 11.6 Å². The third kappa shape index (κ3) is 5.33. The molecule has 0 aliphatic heterocycles. The van der Waals surface area contributed by atoms with Gasteiger partial charge in [0.25, 0.3) is 0 Å². The van der Waals surface area contributed by atoms with Gasteiger partial charge in [0.2, 0.25) is 0 Å². The van der Waals surface area contributed by atoms with Gasteiger partial charge in [-0.15, -0.1) is 0 Å². The molecule has 0 fully saturated rings. The van der Waals surface area contributed by atoms with E-state index in [1.807, 2.05) is 0 Å². The first-order valence-electron chi connectivity index (χ1n) is 7.68. The monoisotopic (exact) mass is 280 g/mol. The number of nitrogens with one attached hydrogen (secondary N) is 2. The molecule has 1 unspecified atom stereocenters. The first-order chi connectivity index (χ1) is 9.72. The lowest BCUT2D eigenvalue weighted by molar-refractivity contribution is 0.282. The Balaban J connectivity index is 2.81. The zero-order valence-corrected chi connectivity index (χ0v) is 12.9. The molecule has 0 radical (unpaired) electrons. The Labute approximate surface area is 122 Å². The largest absolute Gasteiger partial charge is 0.396 e. The lowest BCUT2D eigenvalue weighted by atomic mass is 10.1. The maximum absolute atomic E-state index is 8.90. The second kappa shape index (κ2) is 9.53. The van der Waals surface area contributed by atoms with Crippen LogP contribution >= 0.6 is 0 Å². The highest BCUT2D eigenvalue weighted by atomic mass is 16.2. The van der Waals surface area contributed by atoms with Gasteiger partial charge in [0.15, 0.2) is 0 Å². The molecule has 20 heavy (non-hydrogen) atoms. The van der Waals surface area contributed by atoms with Crippen molar-refractivity contribution in [2.45, 2.75) is 58.9 Å². The van der Waals surface area contributed by atoms with Gasteiger partial charge in [-0.1, -0.05) is 20.3 Å². The van der Waals surface area contributed by atoms with Crippen LogP contribution in [-0.2, 0) is 6.42 Å². The predicted molar refractivity (Wildman–Crippen MR) is 84.2 cm³/mol. The number of aliphatic hydroxyl groups is 1. The summed E-state index contributed by atoms with van der Waals surface area (Å²) < 4.78 is 0. The molecule has 0 spiro atoms. The van der Waals surface area contributed by atoms with Crippen molar-refractivity contribution >= 4 is 11.6 Å². The van der Waals surface area contributed by atoms with Gasteiger partial charge in [-0.2, -0.15) is 0 Å². The maximum atomic E-state index is 8.90. The SMILES string of the molecule is CCCNc1ncnc(NC(C)CCCO)c1CCC. The quantitative estimate of drug-likeness (QED) is 0.615. The summed E-state index contributed by atoms with van der Waals surface area (Å²) >= 11 is 0. The van der Waals surface area contributed by atoms with Crippen molar-refractivity contribution in [2.75, 3.05) is 23.8 Å². The Bertz CT molecular complexity index is 384. The fraction of sp³-hybridized carbons (Fsp3) is 0.733. The van der Waals surface area contributed by atoms with Crippen molar-refractivity contribution in [3.63, 3.8) is 0 Å². The van der Waals surface area contributed by atoms with Gasteiger partial charge in [-0.05, 0) is 32.6 Å². The van der Waals surface area contributed by atoms with Gasteiger partial charge in [-0.25, -0.2) is 9.97 Å². The highest BCUT2D eigenvalue weighted by Gasteiger charge is 2.12. The summed E-state index contributed by atoms with van der Waals surface area (Å²) in [5.74, 6) is 1.87. The van der Waals surface area contributed by atoms with Crippen molar-refractivity contribution in [2.24, 2.45) is 0 Å². The van der Waals surface area contributed by atoms with Crippen molar-refractivity contribution in [3.05, 3.63) is 11.9 Å². The van der Waals surface area contributed by atoms with Gasteiger partial charge in [0.05, 0.1) is 0 Å². The van der Waals surface area contributed by atoms with E-state index >= 15 is 0 Å². The topological polar surface area (TPSA) is 70.1 Å². The van der Waals surface area contributed by atoms with E-state index in [2.05, 4.69) is 41.4 Å². The molecule has 0 bridgehead atoms. The molecule has 1 aromatic rings. The van der Waals surface area contributed by atoms with Crippen LogP contribution < -0.4 is 10.6 Å². The van der Waals surface area contributed by atoms with Crippen molar-refractivity contribution in [3.8, 4) is 0 Å². The van der Waals surface area contributed by atoms with E-state index in [1.165, 1.54) is 5.56 Å². The fourth-order valence-corrected chi connectivity index (χ4v) is 2.12. The molecule has 0 saturated heterocycles. The molecule has 1 rings (SSSR count). The normalized spacial score (nSPS) is 12.2. The smallest absolute Gasteiger partial charge is 0.134 e. The molecule has 0 aromatic carbocycles. The van der Waals surface area contributed by atoms with Crippen LogP contribution in [0.1, 0.15) is 52.0 Å². The molecule has 1 aromatic heterocycles. The van der Waals surface area contributed by atoms with E-state index in [1.54, 1.807) is 6.33 Å². The minimum Gasteiger partial charge on any atom is -0.396 e. The van der Waals surface area contributed by atoms with Crippen LogP contribution in [0.3, 0.4) is 0 Å². The fourth-order valence-electron chi connectivity index (χ4n) is 2.12. The molecule has 1 heterocycles. The average Bonchev–Trinajstić information content (AvgIpc) is 2.45. The summed E-state index contributed by atoms with van der Waals surface area (Å²) in [6, 6.07) is 0.298. The van der Waals surface area contributed by atoms with E-state index in [0.29, 0.717) is 6.04 Å². The van der Waals surface area contributed by atoms with Gasteiger partial charge in [0.1, 0.15) is 18.0 Å². The van der Waals surface area contributed by atoms with E-state index in [4.69, 9.17) is 5.11 Å². The van der Waals surface area contributed by atoms with Gasteiger partial charge >= 0.3 is 0 Å². The minimum absolute atomic E-state index is 0.237. The van der Waals surface area contributed by atoms with Crippen molar-refractivity contribution in [1.82, 2.24) is 9.97 Å². The molecular weight excluding hydrogens is 252 g/mol. The van der Waals surface area contributed by atoms with E-state index < -0.39 is 0 Å². The third-order valence-electron chi connectivity index (χ3n) is 3.17. The first-order valence-corrected chi connectivity index (χ1v) is 7.68.